The Morgan fingerprint density at radius 1 is 1.12 bits per heavy atom. The van der Waals surface area contributed by atoms with Gasteiger partial charge < -0.3 is 29.3 Å². The van der Waals surface area contributed by atoms with Gasteiger partial charge in [-0.1, -0.05) is 59.8 Å². The lowest BCUT2D eigenvalue weighted by Gasteiger charge is -2.37. The maximum absolute atomic E-state index is 14.8. The van der Waals surface area contributed by atoms with E-state index in [1.54, 1.807) is 38.6 Å². The SMILES string of the molecule is C=CCCC(=O)N(C)[C@@H](C)[C@@H](OC(=O)[C@@H]1[C@H]2C(=O)N(CCCCO)[C@H](C(=O)N(CC=C)Cn3nnc4ccccc43)[C@]23CC[C@H]1O3)c1ccccc1. The Balaban J connectivity index is 1.31. The van der Waals surface area contributed by atoms with Crippen LogP contribution in [0.5, 0.6) is 0 Å². The van der Waals surface area contributed by atoms with Crippen molar-refractivity contribution < 1.29 is 33.8 Å². The molecule has 13 nitrogen and oxygen atoms in total. The van der Waals surface area contributed by atoms with Gasteiger partial charge in [0.05, 0.1) is 29.5 Å². The lowest BCUT2D eigenvalue weighted by Crippen LogP contribution is -2.56. The number of likely N-dealkylation sites (tertiary alicyclic amines) is 1. The molecule has 3 fully saturated rings. The average molecular weight is 713 g/mol. The van der Waals surface area contributed by atoms with Crippen molar-refractivity contribution in [2.24, 2.45) is 11.8 Å². The van der Waals surface area contributed by atoms with Crippen molar-refractivity contribution in [2.75, 3.05) is 26.7 Å². The number of esters is 1. The topological polar surface area (TPSA) is 147 Å². The monoisotopic (exact) mass is 712 g/mol. The van der Waals surface area contributed by atoms with Crippen molar-refractivity contribution in [1.29, 1.82) is 0 Å². The Labute approximate surface area is 303 Å². The third kappa shape index (κ3) is 6.74. The normalized spacial score (nSPS) is 24.4. The first-order valence-corrected chi connectivity index (χ1v) is 18.1. The summed E-state index contributed by atoms with van der Waals surface area (Å²) in [5, 5.41) is 18.1. The number of unbranched alkanes of at least 4 members (excludes halogenated alkanes) is 1. The molecule has 7 atom stereocenters. The average Bonchev–Trinajstić information content (AvgIpc) is 3.91. The van der Waals surface area contributed by atoms with Crippen LogP contribution in [0.2, 0.25) is 0 Å². The van der Waals surface area contributed by atoms with Crippen LogP contribution in [0.1, 0.15) is 57.1 Å². The fourth-order valence-electron chi connectivity index (χ4n) is 8.19. The molecule has 3 aliphatic rings. The minimum atomic E-state index is -1.25. The molecule has 3 aromatic rings. The number of para-hydroxylation sites is 1. The molecule has 3 amide bonds. The predicted octanol–water partition coefficient (Wildman–Crippen LogP) is 3.65. The van der Waals surface area contributed by atoms with E-state index in [1.807, 2.05) is 61.5 Å². The molecule has 0 unspecified atom stereocenters. The molecule has 2 aromatic carbocycles. The molecular weight excluding hydrogens is 664 g/mol. The zero-order chi connectivity index (χ0) is 37.0. The smallest absolute Gasteiger partial charge is 0.313 e. The number of amides is 3. The number of benzene rings is 2. The Kier molecular flexibility index (Phi) is 11.2. The highest BCUT2D eigenvalue weighted by Gasteiger charge is 2.75. The zero-order valence-electron chi connectivity index (χ0n) is 29.9. The highest BCUT2D eigenvalue weighted by atomic mass is 16.6. The van der Waals surface area contributed by atoms with Gasteiger partial charge in [-0.05, 0) is 56.7 Å². The van der Waals surface area contributed by atoms with Crippen LogP contribution in [0.15, 0.2) is 79.9 Å². The summed E-state index contributed by atoms with van der Waals surface area (Å²) in [6.07, 6.45) is 4.44. The number of hydrogen-bond donors (Lipinski definition) is 1. The maximum Gasteiger partial charge on any atom is 0.313 e. The van der Waals surface area contributed by atoms with Crippen molar-refractivity contribution in [1.82, 2.24) is 29.7 Å². The fraction of sp³-hybridized carbons (Fsp3) is 0.487. The molecule has 0 saturated carbocycles. The Morgan fingerprint density at radius 3 is 2.60 bits per heavy atom. The molecule has 2 bridgehead atoms. The van der Waals surface area contributed by atoms with Gasteiger partial charge in [0.2, 0.25) is 17.7 Å². The molecule has 3 saturated heterocycles. The Bertz CT molecular complexity index is 1800. The first-order valence-electron chi connectivity index (χ1n) is 18.1. The zero-order valence-corrected chi connectivity index (χ0v) is 29.9. The fourth-order valence-corrected chi connectivity index (χ4v) is 8.19. The van der Waals surface area contributed by atoms with Gasteiger partial charge in [0.15, 0.2) is 0 Å². The predicted molar refractivity (Wildman–Crippen MR) is 192 cm³/mol. The van der Waals surface area contributed by atoms with Gasteiger partial charge in [0.1, 0.15) is 29.9 Å². The molecule has 4 heterocycles. The second-order valence-electron chi connectivity index (χ2n) is 13.9. The summed E-state index contributed by atoms with van der Waals surface area (Å²) >= 11 is 0. The standard InChI is InChI=1S/C39H48N6O7/c1-5-7-19-31(47)42(4)26(3)34(27-15-9-8-10-16-27)51-38(50)32-30-20-21-39(52-30)33(32)36(48)44(23-13-14-24-46)35(39)37(49)43(22-6-2)25-45-29-18-12-11-17-28(29)40-41-45/h5-6,8-12,15-18,26,30,32-35,46H,1-2,7,13-14,19-25H2,3-4H3/t26-,30+,32-,33-,34+,35+,39-/m0/s1. The van der Waals surface area contributed by atoms with Crippen LogP contribution in [-0.2, 0) is 35.3 Å². The molecule has 1 spiro atoms. The van der Waals surface area contributed by atoms with E-state index in [-0.39, 0.29) is 50.5 Å². The highest BCUT2D eigenvalue weighted by molar-refractivity contribution is 5.98. The van der Waals surface area contributed by atoms with Crippen molar-refractivity contribution in [3.05, 3.63) is 85.5 Å². The molecule has 1 aromatic heterocycles. The maximum atomic E-state index is 14.8. The third-order valence-electron chi connectivity index (χ3n) is 10.9. The molecule has 52 heavy (non-hydrogen) atoms. The van der Waals surface area contributed by atoms with Crippen LogP contribution in [0.25, 0.3) is 11.0 Å². The van der Waals surface area contributed by atoms with E-state index in [1.165, 1.54) is 0 Å². The van der Waals surface area contributed by atoms with Crippen LogP contribution in [0.4, 0.5) is 0 Å². The number of aliphatic hydroxyl groups excluding tert-OH is 1. The first-order chi connectivity index (χ1) is 25.2. The molecular formula is C39H48N6O7. The number of aromatic nitrogens is 3. The van der Waals surface area contributed by atoms with E-state index >= 15 is 0 Å². The summed E-state index contributed by atoms with van der Waals surface area (Å²) in [6.45, 7) is 9.81. The lowest BCUT2D eigenvalue weighted by atomic mass is 9.70. The quantitative estimate of drug-likeness (QED) is 0.126. The van der Waals surface area contributed by atoms with E-state index in [4.69, 9.17) is 9.47 Å². The highest BCUT2D eigenvalue weighted by Crippen LogP contribution is 2.59. The number of fused-ring (bicyclic) bond motifs is 2. The number of hydrogen-bond acceptors (Lipinski definition) is 9. The van der Waals surface area contributed by atoms with E-state index < -0.39 is 47.7 Å². The second kappa shape index (κ2) is 15.8. The van der Waals surface area contributed by atoms with E-state index in [0.29, 0.717) is 43.2 Å². The summed E-state index contributed by atoms with van der Waals surface area (Å²) in [5.41, 5.74) is 0.890. The minimum absolute atomic E-state index is 0.0612. The summed E-state index contributed by atoms with van der Waals surface area (Å²) in [7, 11) is 1.69. The summed E-state index contributed by atoms with van der Waals surface area (Å²) in [5.74, 6) is -3.29. The molecule has 1 N–H and O–H groups in total. The van der Waals surface area contributed by atoms with E-state index in [0.717, 1.165) is 5.52 Å². The molecule has 276 valence electrons. The number of ether oxygens (including phenoxy) is 2. The molecule has 0 radical (unpaired) electrons. The number of nitrogens with zero attached hydrogens (tertiary/aromatic N) is 6. The number of likely N-dealkylation sites (N-methyl/N-ethyl adjacent to an activating group) is 1. The van der Waals surface area contributed by atoms with Gasteiger partial charge in [0.25, 0.3) is 0 Å². The van der Waals surface area contributed by atoms with Gasteiger partial charge in [-0.15, -0.1) is 18.3 Å². The van der Waals surface area contributed by atoms with Crippen LogP contribution in [-0.4, -0.2) is 109 Å². The number of carbonyl (C=O) groups is 4. The van der Waals surface area contributed by atoms with Gasteiger partial charge in [-0.3, -0.25) is 19.2 Å². The van der Waals surface area contributed by atoms with E-state index in [9.17, 15) is 24.3 Å². The van der Waals surface area contributed by atoms with Crippen molar-refractivity contribution >= 4 is 34.7 Å². The molecule has 3 aliphatic heterocycles. The number of aliphatic hydroxyl groups is 1. The number of allylic oxidation sites excluding steroid dienone is 1. The molecule has 13 heteroatoms. The van der Waals surface area contributed by atoms with Crippen molar-refractivity contribution in [3.8, 4) is 0 Å². The van der Waals surface area contributed by atoms with Gasteiger partial charge in [-0.25, -0.2) is 4.68 Å². The van der Waals surface area contributed by atoms with Crippen molar-refractivity contribution in [2.45, 2.75) is 82.0 Å². The summed E-state index contributed by atoms with van der Waals surface area (Å²) in [6, 6.07) is 15.1. The van der Waals surface area contributed by atoms with Crippen LogP contribution >= 0.6 is 0 Å². The minimum Gasteiger partial charge on any atom is -0.455 e. The van der Waals surface area contributed by atoms with Gasteiger partial charge in [0, 0.05) is 33.2 Å². The van der Waals surface area contributed by atoms with Gasteiger partial charge >= 0.3 is 5.97 Å². The first kappa shape index (κ1) is 36.9. The third-order valence-corrected chi connectivity index (χ3v) is 10.9. The lowest BCUT2D eigenvalue weighted by molar-refractivity contribution is -0.164. The molecule has 0 aliphatic carbocycles. The Morgan fingerprint density at radius 2 is 1.87 bits per heavy atom. The van der Waals surface area contributed by atoms with Crippen molar-refractivity contribution in [3.63, 3.8) is 0 Å². The van der Waals surface area contributed by atoms with E-state index in [2.05, 4.69) is 23.5 Å². The largest absolute Gasteiger partial charge is 0.455 e. The van der Waals surface area contributed by atoms with Gasteiger partial charge in [-0.2, -0.15) is 0 Å². The van der Waals surface area contributed by atoms with Crippen LogP contribution in [0, 0.1) is 11.8 Å². The number of carbonyl (C=O) groups excluding carboxylic acids is 4. The summed E-state index contributed by atoms with van der Waals surface area (Å²) in [4.78, 5) is 61.5. The Hall–Kier alpha value is -4.88. The molecule has 6 rings (SSSR count). The second-order valence-corrected chi connectivity index (χ2v) is 13.9. The summed E-state index contributed by atoms with van der Waals surface area (Å²) < 4.78 is 14.6. The van der Waals surface area contributed by atoms with Crippen LogP contribution < -0.4 is 0 Å². The van der Waals surface area contributed by atoms with Crippen LogP contribution in [0.3, 0.4) is 0 Å². The number of rotatable bonds is 17.